The summed E-state index contributed by atoms with van der Waals surface area (Å²) in [5, 5.41) is 5.11. The van der Waals surface area contributed by atoms with Gasteiger partial charge in [-0.3, -0.25) is 4.98 Å². The minimum Gasteiger partial charge on any atom is -0.398 e. The van der Waals surface area contributed by atoms with Gasteiger partial charge in [-0.2, -0.15) is 0 Å². The summed E-state index contributed by atoms with van der Waals surface area (Å²) >= 11 is 5.74. The second kappa shape index (κ2) is 4.98. The maximum Gasteiger partial charge on any atom is 0.148 e. The van der Waals surface area contributed by atoms with E-state index in [0.29, 0.717) is 16.4 Å². The maximum absolute atomic E-state index is 13.8. The summed E-state index contributed by atoms with van der Waals surface area (Å²) < 4.78 is 13.8. The summed E-state index contributed by atoms with van der Waals surface area (Å²) in [6.07, 6.45) is 3.37. The Morgan fingerprint density at radius 3 is 2.65 bits per heavy atom. The monoisotopic (exact) mass is 287 g/mol. The second-order valence-corrected chi connectivity index (χ2v) is 4.81. The Kier molecular flexibility index (Phi) is 3.16. The zero-order valence-corrected chi connectivity index (χ0v) is 11.2. The summed E-state index contributed by atoms with van der Waals surface area (Å²) in [6, 6.07) is 9.89. The fourth-order valence-electron chi connectivity index (χ4n) is 2.06. The van der Waals surface area contributed by atoms with Crippen molar-refractivity contribution in [1.82, 2.24) is 4.98 Å². The third-order valence-electron chi connectivity index (χ3n) is 3.05. The van der Waals surface area contributed by atoms with E-state index in [9.17, 15) is 4.39 Å². The van der Waals surface area contributed by atoms with Crippen LogP contribution in [0, 0.1) is 5.82 Å². The third kappa shape index (κ3) is 2.26. The molecule has 2 aromatic carbocycles. The smallest absolute Gasteiger partial charge is 0.148 e. The van der Waals surface area contributed by atoms with Crippen LogP contribution in [0.4, 0.5) is 21.5 Å². The van der Waals surface area contributed by atoms with Crippen LogP contribution in [0.1, 0.15) is 0 Å². The topological polar surface area (TPSA) is 50.9 Å². The van der Waals surface area contributed by atoms with Gasteiger partial charge in [0.25, 0.3) is 0 Å². The van der Waals surface area contributed by atoms with E-state index in [1.807, 2.05) is 6.07 Å². The summed E-state index contributed by atoms with van der Waals surface area (Å²) in [5.41, 5.74) is 7.67. The fraction of sp³-hybridized carbons (Fsp3) is 0. The van der Waals surface area contributed by atoms with Gasteiger partial charge in [0.2, 0.25) is 0 Å². The normalized spacial score (nSPS) is 10.7. The minimum absolute atomic E-state index is 0.351. The van der Waals surface area contributed by atoms with Crippen LogP contribution in [0.25, 0.3) is 10.8 Å². The van der Waals surface area contributed by atoms with Gasteiger partial charge in [-0.15, -0.1) is 0 Å². The predicted octanol–water partition coefficient (Wildman–Crippen LogP) is 4.35. The van der Waals surface area contributed by atoms with E-state index in [4.69, 9.17) is 17.3 Å². The molecule has 5 heteroatoms. The highest BCUT2D eigenvalue weighted by molar-refractivity contribution is 6.30. The number of fused-ring (bicyclic) bond motifs is 1. The zero-order chi connectivity index (χ0) is 14.1. The van der Waals surface area contributed by atoms with Gasteiger partial charge in [-0.25, -0.2) is 4.39 Å². The number of nitrogen functional groups attached to an aromatic ring is 1. The zero-order valence-electron chi connectivity index (χ0n) is 10.4. The minimum atomic E-state index is -0.411. The van der Waals surface area contributed by atoms with Crippen molar-refractivity contribution in [1.29, 1.82) is 0 Å². The number of benzene rings is 2. The molecule has 1 aromatic heterocycles. The van der Waals surface area contributed by atoms with Crippen molar-refractivity contribution in [3.05, 3.63) is 59.6 Å². The summed E-state index contributed by atoms with van der Waals surface area (Å²) in [7, 11) is 0. The van der Waals surface area contributed by atoms with Crippen LogP contribution in [0.3, 0.4) is 0 Å². The van der Waals surface area contributed by atoms with Gasteiger partial charge < -0.3 is 11.1 Å². The number of pyridine rings is 1. The number of nitrogens with two attached hydrogens (primary N) is 1. The van der Waals surface area contributed by atoms with Gasteiger partial charge in [0, 0.05) is 39.6 Å². The lowest BCUT2D eigenvalue weighted by atomic mass is 10.1. The van der Waals surface area contributed by atoms with Gasteiger partial charge in [0.05, 0.1) is 5.69 Å². The highest BCUT2D eigenvalue weighted by atomic mass is 35.5. The van der Waals surface area contributed by atoms with Crippen molar-refractivity contribution in [2.75, 3.05) is 11.1 Å². The first-order chi connectivity index (χ1) is 9.65. The van der Waals surface area contributed by atoms with Crippen molar-refractivity contribution in [3.8, 4) is 0 Å². The SMILES string of the molecule is Nc1ccc(Nc2ccc(Cl)cc2F)c2cnccc12. The summed E-state index contributed by atoms with van der Waals surface area (Å²) in [4.78, 5) is 4.08. The van der Waals surface area contributed by atoms with Crippen LogP contribution in [0.5, 0.6) is 0 Å². The number of rotatable bonds is 2. The number of nitrogens with one attached hydrogen (secondary N) is 1. The van der Waals surface area contributed by atoms with Crippen molar-refractivity contribution in [2.24, 2.45) is 0 Å². The first-order valence-electron chi connectivity index (χ1n) is 5.99. The second-order valence-electron chi connectivity index (χ2n) is 4.37. The highest BCUT2D eigenvalue weighted by Gasteiger charge is 2.07. The number of hydrogen-bond donors (Lipinski definition) is 2. The molecule has 0 aliphatic carbocycles. The lowest BCUT2D eigenvalue weighted by molar-refractivity contribution is 0.632. The van der Waals surface area contributed by atoms with Gasteiger partial charge in [0.15, 0.2) is 0 Å². The molecule has 0 aliphatic heterocycles. The molecule has 0 aliphatic rings. The molecule has 100 valence electrons. The van der Waals surface area contributed by atoms with Crippen LogP contribution in [0.15, 0.2) is 48.8 Å². The fourth-order valence-corrected chi connectivity index (χ4v) is 2.22. The van der Waals surface area contributed by atoms with Crippen LogP contribution >= 0.6 is 11.6 Å². The van der Waals surface area contributed by atoms with Gasteiger partial charge in [-0.1, -0.05) is 11.6 Å². The molecule has 3 aromatic rings. The molecule has 3 rings (SSSR count). The highest BCUT2D eigenvalue weighted by Crippen LogP contribution is 2.31. The Hall–Kier alpha value is -2.33. The molecule has 3 nitrogen and oxygen atoms in total. The van der Waals surface area contributed by atoms with Crippen molar-refractivity contribution in [3.63, 3.8) is 0 Å². The van der Waals surface area contributed by atoms with E-state index in [2.05, 4.69) is 10.3 Å². The van der Waals surface area contributed by atoms with E-state index in [1.54, 1.807) is 36.7 Å². The molecule has 0 spiro atoms. The first-order valence-corrected chi connectivity index (χ1v) is 6.37. The quantitative estimate of drug-likeness (QED) is 0.689. The molecular formula is C15H11ClFN3. The van der Waals surface area contributed by atoms with E-state index in [-0.39, 0.29) is 0 Å². The van der Waals surface area contributed by atoms with Crippen LogP contribution in [-0.4, -0.2) is 4.98 Å². The van der Waals surface area contributed by atoms with Crippen molar-refractivity contribution < 1.29 is 4.39 Å². The predicted molar refractivity (Wildman–Crippen MR) is 80.8 cm³/mol. The Morgan fingerprint density at radius 2 is 1.85 bits per heavy atom. The lowest BCUT2D eigenvalue weighted by Crippen LogP contribution is -1.96. The molecule has 0 fully saturated rings. The van der Waals surface area contributed by atoms with Gasteiger partial charge in [-0.05, 0) is 36.4 Å². The molecule has 0 saturated carbocycles. The third-order valence-corrected chi connectivity index (χ3v) is 3.29. The summed E-state index contributed by atoms with van der Waals surface area (Å²) in [5.74, 6) is -0.411. The Morgan fingerprint density at radius 1 is 1.05 bits per heavy atom. The number of hydrogen-bond acceptors (Lipinski definition) is 3. The molecule has 0 amide bonds. The van der Waals surface area contributed by atoms with Gasteiger partial charge in [0.1, 0.15) is 5.82 Å². The average molecular weight is 288 g/mol. The van der Waals surface area contributed by atoms with E-state index in [0.717, 1.165) is 16.5 Å². The Bertz CT molecular complexity index is 789. The van der Waals surface area contributed by atoms with Crippen LogP contribution < -0.4 is 11.1 Å². The van der Waals surface area contributed by atoms with Gasteiger partial charge >= 0.3 is 0 Å². The standard InChI is InChI=1S/C15H11ClFN3/c16-9-1-3-15(12(17)7-9)20-14-4-2-13(18)10-5-6-19-8-11(10)14/h1-8,20H,18H2. The molecule has 0 unspecified atom stereocenters. The molecule has 0 saturated heterocycles. The molecule has 3 N–H and O–H groups in total. The van der Waals surface area contributed by atoms with Crippen LogP contribution in [0.2, 0.25) is 5.02 Å². The summed E-state index contributed by atoms with van der Waals surface area (Å²) in [6.45, 7) is 0. The number of halogens is 2. The molecular weight excluding hydrogens is 277 g/mol. The molecule has 0 atom stereocenters. The van der Waals surface area contributed by atoms with E-state index < -0.39 is 5.82 Å². The molecule has 0 bridgehead atoms. The van der Waals surface area contributed by atoms with Crippen molar-refractivity contribution in [2.45, 2.75) is 0 Å². The molecule has 20 heavy (non-hydrogen) atoms. The Balaban J connectivity index is 2.09. The number of nitrogens with zero attached hydrogens (tertiary/aromatic N) is 1. The van der Waals surface area contributed by atoms with E-state index in [1.165, 1.54) is 6.07 Å². The first kappa shape index (κ1) is 12.7. The Labute approximate surface area is 120 Å². The number of anilines is 3. The number of aromatic nitrogens is 1. The largest absolute Gasteiger partial charge is 0.398 e. The maximum atomic E-state index is 13.8. The average Bonchev–Trinajstić information content (AvgIpc) is 2.45. The van der Waals surface area contributed by atoms with Crippen molar-refractivity contribution >= 4 is 39.4 Å². The molecule has 1 heterocycles. The van der Waals surface area contributed by atoms with Crippen LogP contribution in [-0.2, 0) is 0 Å². The molecule has 0 radical (unpaired) electrons. The van der Waals surface area contributed by atoms with E-state index >= 15 is 0 Å². The lowest BCUT2D eigenvalue weighted by Gasteiger charge is -2.11.